The van der Waals surface area contributed by atoms with E-state index in [9.17, 15) is 9.59 Å². The number of hydrogen-bond acceptors (Lipinski definition) is 5. The molecule has 7 heteroatoms. The highest BCUT2D eigenvalue weighted by Crippen LogP contribution is 2.18. The zero-order valence-corrected chi connectivity index (χ0v) is 17.1. The zero-order chi connectivity index (χ0) is 21.1. The van der Waals surface area contributed by atoms with Gasteiger partial charge in [0.05, 0.1) is 13.2 Å². The fourth-order valence-electron chi connectivity index (χ4n) is 2.36. The van der Waals surface area contributed by atoms with Crippen LogP contribution in [0.3, 0.4) is 0 Å². The summed E-state index contributed by atoms with van der Waals surface area (Å²) >= 11 is 0. The van der Waals surface area contributed by atoms with Crippen LogP contribution >= 0.6 is 0 Å². The molecule has 0 fully saturated rings. The Morgan fingerprint density at radius 1 is 0.931 bits per heavy atom. The number of nitrogens with one attached hydrogen (secondary N) is 2. The Labute approximate surface area is 171 Å². The first-order chi connectivity index (χ1) is 14.0. The van der Waals surface area contributed by atoms with Gasteiger partial charge in [-0.3, -0.25) is 10.1 Å². The molecule has 0 aliphatic heterocycles. The van der Waals surface area contributed by atoms with Crippen molar-refractivity contribution in [2.45, 2.75) is 20.3 Å². The molecule has 29 heavy (non-hydrogen) atoms. The number of carbonyl (C=O) groups excluding carboxylic acids is 2. The molecule has 2 rings (SSSR count). The van der Waals surface area contributed by atoms with Crippen LogP contribution < -0.4 is 15.4 Å². The van der Waals surface area contributed by atoms with Gasteiger partial charge < -0.3 is 19.5 Å². The lowest BCUT2D eigenvalue weighted by Crippen LogP contribution is -2.17. The number of carbonyl (C=O) groups is 2. The smallest absolute Gasteiger partial charge is 0.411 e. The monoisotopic (exact) mass is 400 g/mol. The van der Waals surface area contributed by atoms with Crippen LogP contribution in [0, 0.1) is 5.92 Å². The molecule has 0 spiro atoms. The van der Waals surface area contributed by atoms with Crippen LogP contribution in [-0.4, -0.2) is 38.9 Å². The summed E-state index contributed by atoms with van der Waals surface area (Å²) in [6, 6.07) is 13.8. The maximum absolute atomic E-state index is 12.5. The molecule has 0 saturated heterocycles. The van der Waals surface area contributed by atoms with Crippen molar-refractivity contribution in [3.05, 3.63) is 54.1 Å². The van der Waals surface area contributed by atoms with Crippen molar-refractivity contribution in [3.8, 4) is 5.75 Å². The topological polar surface area (TPSA) is 85.9 Å². The second kappa shape index (κ2) is 11.7. The minimum atomic E-state index is -0.585. The molecule has 0 heterocycles. The van der Waals surface area contributed by atoms with Gasteiger partial charge in [0.1, 0.15) is 12.4 Å². The largest absolute Gasteiger partial charge is 0.494 e. The average Bonchev–Trinajstić information content (AvgIpc) is 2.68. The third-order valence-electron chi connectivity index (χ3n) is 3.97. The molecule has 0 aromatic heterocycles. The highest BCUT2D eigenvalue weighted by Gasteiger charge is 2.08. The lowest BCUT2D eigenvalue weighted by Gasteiger charge is -2.10. The van der Waals surface area contributed by atoms with Gasteiger partial charge >= 0.3 is 6.09 Å². The number of hydrogen-bond donors (Lipinski definition) is 2. The van der Waals surface area contributed by atoms with Crippen LogP contribution in [0.1, 0.15) is 30.6 Å². The maximum atomic E-state index is 12.5. The van der Waals surface area contributed by atoms with E-state index in [-0.39, 0.29) is 12.5 Å². The summed E-state index contributed by atoms with van der Waals surface area (Å²) in [7, 11) is 1.53. The lowest BCUT2D eigenvalue weighted by molar-refractivity contribution is 0.102. The summed E-state index contributed by atoms with van der Waals surface area (Å²) in [6.07, 6.45) is 0.394. The number of amides is 2. The lowest BCUT2D eigenvalue weighted by atomic mass is 10.1. The van der Waals surface area contributed by atoms with E-state index in [4.69, 9.17) is 14.2 Å². The fourth-order valence-corrected chi connectivity index (χ4v) is 2.36. The molecule has 2 N–H and O–H groups in total. The van der Waals surface area contributed by atoms with Crippen LogP contribution in [0.2, 0.25) is 0 Å². The summed E-state index contributed by atoms with van der Waals surface area (Å²) in [5.41, 5.74) is 1.58. The highest BCUT2D eigenvalue weighted by molar-refractivity contribution is 6.04. The second-order valence-electron chi connectivity index (χ2n) is 6.84. The molecule has 0 aliphatic carbocycles. The summed E-state index contributed by atoms with van der Waals surface area (Å²) in [6.45, 7) is 5.43. The minimum absolute atomic E-state index is 0.163. The van der Waals surface area contributed by atoms with Crippen molar-refractivity contribution in [2.75, 3.05) is 37.6 Å². The molecule has 0 saturated carbocycles. The van der Waals surface area contributed by atoms with Gasteiger partial charge in [-0.05, 0) is 54.8 Å². The Morgan fingerprint density at radius 2 is 1.62 bits per heavy atom. The molecule has 2 aromatic rings. The Hall–Kier alpha value is -3.06. The van der Waals surface area contributed by atoms with Crippen LogP contribution in [0.25, 0.3) is 0 Å². The van der Waals surface area contributed by atoms with Crippen molar-refractivity contribution in [2.24, 2.45) is 5.92 Å². The molecule has 0 unspecified atom stereocenters. The molecule has 0 radical (unpaired) electrons. The molecule has 2 amide bonds. The Morgan fingerprint density at radius 3 is 2.28 bits per heavy atom. The number of anilines is 2. The van der Waals surface area contributed by atoms with Gasteiger partial charge in [-0.1, -0.05) is 19.9 Å². The number of benzene rings is 2. The van der Waals surface area contributed by atoms with Crippen LogP contribution in [-0.2, 0) is 9.47 Å². The van der Waals surface area contributed by atoms with Gasteiger partial charge in [-0.15, -0.1) is 0 Å². The standard InChI is InChI=1S/C22H28N2O5/c1-16(2)11-12-28-20-9-7-17(8-10-20)21(25)23-18-5-4-6-19(15-18)24-22(26)29-14-13-27-3/h4-10,15-16H,11-14H2,1-3H3,(H,23,25)(H,24,26). The number of ether oxygens (including phenoxy) is 3. The Bertz CT molecular complexity index is 790. The van der Waals surface area contributed by atoms with E-state index in [0.29, 0.717) is 36.1 Å². The quantitative estimate of drug-likeness (QED) is 0.571. The first-order valence-electron chi connectivity index (χ1n) is 9.55. The molecule has 156 valence electrons. The first-order valence-corrected chi connectivity index (χ1v) is 9.55. The number of methoxy groups -OCH3 is 1. The predicted octanol–water partition coefficient (Wildman–Crippen LogP) is 4.56. The second-order valence-corrected chi connectivity index (χ2v) is 6.84. The molecular formula is C22H28N2O5. The highest BCUT2D eigenvalue weighted by atomic mass is 16.6. The molecule has 7 nitrogen and oxygen atoms in total. The molecule has 0 aliphatic rings. The van der Waals surface area contributed by atoms with Crippen molar-refractivity contribution in [1.29, 1.82) is 0 Å². The normalized spacial score (nSPS) is 10.5. The predicted molar refractivity (Wildman–Crippen MR) is 113 cm³/mol. The van der Waals surface area contributed by atoms with Crippen molar-refractivity contribution in [3.63, 3.8) is 0 Å². The third kappa shape index (κ3) is 8.23. The Kier molecular flexibility index (Phi) is 8.98. The zero-order valence-electron chi connectivity index (χ0n) is 17.1. The molecule has 0 bridgehead atoms. The van der Waals surface area contributed by atoms with Gasteiger partial charge in [0.25, 0.3) is 5.91 Å². The van der Waals surface area contributed by atoms with E-state index in [2.05, 4.69) is 24.5 Å². The van der Waals surface area contributed by atoms with E-state index < -0.39 is 6.09 Å². The van der Waals surface area contributed by atoms with E-state index >= 15 is 0 Å². The van der Waals surface area contributed by atoms with Gasteiger partial charge in [-0.25, -0.2) is 4.79 Å². The SMILES string of the molecule is COCCOC(=O)Nc1cccc(NC(=O)c2ccc(OCCC(C)C)cc2)c1. The fraction of sp³-hybridized carbons (Fsp3) is 0.364. The summed E-state index contributed by atoms with van der Waals surface area (Å²) in [5, 5.41) is 5.41. The van der Waals surface area contributed by atoms with E-state index in [1.54, 1.807) is 48.5 Å². The van der Waals surface area contributed by atoms with Crippen LogP contribution in [0.5, 0.6) is 5.75 Å². The van der Waals surface area contributed by atoms with Crippen molar-refractivity contribution in [1.82, 2.24) is 0 Å². The van der Waals surface area contributed by atoms with Crippen molar-refractivity contribution < 1.29 is 23.8 Å². The summed E-state index contributed by atoms with van der Waals surface area (Å²) in [5.74, 6) is 1.07. The van der Waals surface area contributed by atoms with Crippen molar-refractivity contribution >= 4 is 23.4 Å². The third-order valence-corrected chi connectivity index (χ3v) is 3.97. The summed E-state index contributed by atoms with van der Waals surface area (Å²) in [4.78, 5) is 24.2. The maximum Gasteiger partial charge on any atom is 0.411 e. The Balaban J connectivity index is 1.89. The van der Waals surface area contributed by atoms with Gasteiger partial charge in [-0.2, -0.15) is 0 Å². The number of rotatable bonds is 10. The van der Waals surface area contributed by atoms with E-state index in [0.717, 1.165) is 12.2 Å². The average molecular weight is 400 g/mol. The van der Waals surface area contributed by atoms with E-state index in [1.807, 2.05) is 0 Å². The summed E-state index contributed by atoms with van der Waals surface area (Å²) < 4.78 is 15.4. The minimum Gasteiger partial charge on any atom is -0.494 e. The molecule has 0 atom stereocenters. The van der Waals surface area contributed by atoms with E-state index in [1.165, 1.54) is 7.11 Å². The van der Waals surface area contributed by atoms with Crippen LogP contribution in [0.15, 0.2) is 48.5 Å². The van der Waals surface area contributed by atoms with Crippen LogP contribution in [0.4, 0.5) is 16.2 Å². The van der Waals surface area contributed by atoms with Gasteiger partial charge in [0.2, 0.25) is 0 Å². The molecular weight excluding hydrogens is 372 g/mol. The first kappa shape index (κ1) is 22.2. The van der Waals surface area contributed by atoms with Gasteiger partial charge in [0, 0.05) is 24.0 Å². The molecule has 2 aromatic carbocycles. The van der Waals surface area contributed by atoms with Gasteiger partial charge in [0.15, 0.2) is 0 Å².